The number of hydrogen-bond acceptors (Lipinski definition) is 4. The molecule has 0 bridgehead atoms. The van der Waals surface area contributed by atoms with Gasteiger partial charge in [0.1, 0.15) is 11.8 Å². The summed E-state index contributed by atoms with van der Waals surface area (Å²) in [6.07, 6.45) is 1.29. The number of carbonyl (C=O) groups excluding carboxylic acids is 3. The van der Waals surface area contributed by atoms with E-state index in [0.717, 1.165) is 6.42 Å². The first-order valence-corrected chi connectivity index (χ1v) is 6.55. The van der Waals surface area contributed by atoms with Gasteiger partial charge in [-0.25, -0.2) is 4.79 Å². The number of amides is 1. The van der Waals surface area contributed by atoms with Crippen molar-refractivity contribution in [2.24, 2.45) is 17.3 Å². The largest absolute Gasteiger partial charge is 0.467 e. The van der Waals surface area contributed by atoms with E-state index >= 15 is 0 Å². The summed E-state index contributed by atoms with van der Waals surface area (Å²) in [6, 6.07) is -0.625. The molecule has 3 atom stereocenters. The fraction of sp³-hybridized carbons (Fsp3) is 0.786. The second-order valence-corrected chi connectivity index (χ2v) is 5.93. The molecule has 0 aromatic heterocycles. The van der Waals surface area contributed by atoms with Crippen molar-refractivity contribution in [3.8, 4) is 0 Å². The van der Waals surface area contributed by atoms with Crippen LogP contribution in [0.4, 0.5) is 0 Å². The van der Waals surface area contributed by atoms with Crippen LogP contribution in [-0.2, 0) is 19.1 Å². The van der Waals surface area contributed by atoms with E-state index in [2.05, 4.69) is 5.32 Å². The number of rotatable bonds is 5. The molecule has 1 amide bonds. The number of ether oxygens (including phenoxy) is 1. The van der Waals surface area contributed by atoms with Gasteiger partial charge in [-0.05, 0) is 31.1 Å². The Bertz CT molecular complexity index is 389. The van der Waals surface area contributed by atoms with Gasteiger partial charge < -0.3 is 10.1 Å². The number of ketones is 1. The van der Waals surface area contributed by atoms with Crippen molar-refractivity contribution < 1.29 is 19.1 Å². The van der Waals surface area contributed by atoms with Crippen molar-refractivity contribution in [3.63, 3.8) is 0 Å². The monoisotopic (exact) mass is 269 g/mol. The Morgan fingerprint density at radius 1 is 1.32 bits per heavy atom. The number of hydrogen-bond donors (Lipinski definition) is 1. The molecule has 0 unspecified atom stereocenters. The molecular weight excluding hydrogens is 246 g/mol. The lowest BCUT2D eigenvalue weighted by Crippen LogP contribution is -2.52. The first-order chi connectivity index (χ1) is 8.70. The highest BCUT2D eigenvalue weighted by atomic mass is 16.5. The SMILES string of the molecule is COC(=O)[C@H](C[C@H]1C[C@@H](C(C)=O)C1(C)C)NC(C)=O. The molecule has 0 saturated heterocycles. The first-order valence-electron chi connectivity index (χ1n) is 6.55. The van der Waals surface area contributed by atoms with Crippen molar-refractivity contribution in [2.75, 3.05) is 7.11 Å². The average Bonchev–Trinajstić information content (AvgIpc) is 2.30. The van der Waals surface area contributed by atoms with Crippen molar-refractivity contribution >= 4 is 17.7 Å². The molecule has 0 spiro atoms. The molecule has 1 aliphatic carbocycles. The molecule has 0 aromatic carbocycles. The van der Waals surface area contributed by atoms with E-state index in [1.165, 1.54) is 14.0 Å². The minimum absolute atomic E-state index is 0.0492. The van der Waals surface area contributed by atoms with Crippen LogP contribution in [0.3, 0.4) is 0 Å². The standard InChI is InChI=1S/C14H23NO4/c1-8(16)11-6-10(14(11,3)4)7-12(13(18)19-5)15-9(2)17/h10-12H,6-7H2,1-5H3,(H,15,17)/t10-,11+,12+/m1/s1. The van der Waals surface area contributed by atoms with E-state index < -0.39 is 12.0 Å². The summed E-state index contributed by atoms with van der Waals surface area (Å²) in [7, 11) is 1.31. The number of methoxy groups -OCH3 is 1. The van der Waals surface area contributed by atoms with Crippen LogP contribution in [0.15, 0.2) is 0 Å². The Hall–Kier alpha value is -1.39. The fourth-order valence-corrected chi connectivity index (χ4v) is 2.99. The predicted molar refractivity (Wildman–Crippen MR) is 70.3 cm³/mol. The van der Waals surface area contributed by atoms with E-state index in [0.29, 0.717) is 6.42 Å². The third-order valence-corrected chi connectivity index (χ3v) is 4.34. The van der Waals surface area contributed by atoms with E-state index in [-0.39, 0.29) is 28.9 Å². The molecule has 0 aromatic rings. The number of esters is 1. The van der Waals surface area contributed by atoms with Crippen LogP contribution >= 0.6 is 0 Å². The Morgan fingerprint density at radius 3 is 2.26 bits per heavy atom. The van der Waals surface area contributed by atoms with Crippen LogP contribution in [0.5, 0.6) is 0 Å². The van der Waals surface area contributed by atoms with Crippen LogP contribution < -0.4 is 5.32 Å². The van der Waals surface area contributed by atoms with Crippen molar-refractivity contribution in [1.29, 1.82) is 0 Å². The van der Waals surface area contributed by atoms with Crippen LogP contribution in [0.1, 0.15) is 40.5 Å². The minimum atomic E-state index is -0.625. The van der Waals surface area contributed by atoms with E-state index in [1.54, 1.807) is 6.92 Å². The third-order valence-electron chi connectivity index (χ3n) is 4.34. The van der Waals surface area contributed by atoms with E-state index in [9.17, 15) is 14.4 Å². The lowest BCUT2D eigenvalue weighted by atomic mass is 9.52. The predicted octanol–water partition coefficient (Wildman–Crippen LogP) is 1.31. The summed E-state index contributed by atoms with van der Waals surface area (Å²) in [5, 5.41) is 2.61. The molecule has 1 rings (SSSR count). The molecule has 0 aliphatic heterocycles. The van der Waals surface area contributed by atoms with Crippen LogP contribution in [-0.4, -0.2) is 30.8 Å². The topological polar surface area (TPSA) is 72.5 Å². The van der Waals surface area contributed by atoms with Gasteiger partial charge in [0.05, 0.1) is 7.11 Å². The van der Waals surface area contributed by atoms with Crippen LogP contribution in [0.2, 0.25) is 0 Å². The van der Waals surface area contributed by atoms with Gasteiger partial charge in [-0.2, -0.15) is 0 Å². The average molecular weight is 269 g/mol. The van der Waals surface area contributed by atoms with Crippen LogP contribution in [0, 0.1) is 17.3 Å². The van der Waals surface area contributed by atoms with Crippen molar-refractivity contribution in [2.45, 2.75) is 46.6 Å². The van der Waals surface area contributed by atoms with Crippen molar-refractivity contribution in [1.82, 2.24) is 5.32 Å². The van der Waals surface area contributed by atoms with Gasteiger partial charge in [0, 0.05) is 12.8 Å². The highest BCUT2D eigenvalue weighted by molar-refractivity contribution is 5.83. The lowest BCUT2D eigenvalue weighted by Gasteiger charge is -2.52. The Labute approximate surface area is 114 Å². The molecule has 19 heavy (non-hydrogen) atoms. The normalized spacial score (nSPS) is 25.9. The lowest BCUT2D eigenvalue weighted by molar-refractivity contribution is -0.148. The second kappa shape index (κ2) is 5.72. The molecule has 5 nitrogen and oxygen atoms in total. The number of nitrogens with one attached hydrogen (secondary N) is 1. The zero-order chi connectivity index (χ0) is 14.8. The van der Waals surface area contributed by atoms with E-state index in [4.69, 9.17) is 4.74 Å². The van der Waals surface area contributed by atoms with Gasteiger partial charge in [-0.1, -0.05) is 13.8 Å². The quantitative estimate of drug-likeness (QED) is 0.764. The van der Waals surface area contributed by atoms with Gasteiger partial charge in [0.25, 0.3) is 0 Å². The highest BCUT2D eigenvalue weighted by Gasteiger charge is 2.51. The molecule has 1 saturated carbocycles. The summed E-state index contributed by atoms with van der Waals surface area (Å²) >= 11 is 0. The molecular formula is C14H23NO4. The Balaban J connectivity index is 2.69. The second-order valence-electron chi connectivity index (χ2n) is 5.93. The molecule has 0 radical (unpaired) electrons. The Kier molecular flexibility index (Phi) is 4.71. The maximum absolute atomic E-state index is 11.6. The molecule has 1 fully saturated rings. The smallest absolute Gasteiger partial charge is 0.328 e. The number of Topliss-reactive ketones (excluding diaryl/α,β-unsaturated/α-hetero) is 1. The third kappa shape index (κ3) is 3.33. The molecule has 5 heteroatoms. The molecule has 0 heterocycles. The fourth-order valence-electron chi connectivity index (χ4n) is 2.99. The highest BCUT2D eigenvalue weighted by Crippen LogP contribution is 2.53. The molecule has 108 valence electrons. The minimum Gasteiger partial charge on any atom is -0.467 e. The summed E-state index contributed by atoms with van der Waals surface area (Å²) in [5.41, 5.74) is -0.128. The first kappa shape index (κ1) is 15.7. The maximum Gasteiger partial charge on any atom is 0.328 e. The summed E-state index contributed by atoms with van der Waals surface area (Å²) in [6.45, 7) is 7.05. The van der Waals surface area contributed by atoms with Gasteiger partial charge in [0.15, 0.2) is 0 Å². The van der Waals surface area contributed by atoms with Crippen molar-refractivity contribution in [3.05, 3.63) is 0 Å². The van der Waals surface area contributed by atoms with E-state index in [1.807, 2.05) is 13.8 Å². The zero-order valence-electron chi connectivity index (χ0n) is 12.3. The summed E-state index contributed by atoms with van der Waals surface area (Å²) in [4.78, 5) is 34.2. The zero-order valence-corrected chi connectivity index (χ0v) is 12.3. The maximum atomic E-state index is 11.6. The van der Waals surface area contributed by atoms with Crippen LogP contribution in [0.25, 0.3) is 0 Å². The van der Waals surface area contributed by atoms with Gasteiger partial charge in [-0.3, -0.25) is 9.59 Å². The summed E-state index contributed by atoms with van der Waals surface area (Å²) in [5.74, 6) is -0.214. The molecule has 1 N–H and O–H groups in total. The van der Waals surface area contributed by atoms with Gasteiger partial charge in [0.2, 0.25) is 5.91 Å². The molecule has 1 aliphatic rings. The summed E-state index contributed by atoms with van der Waals surface area (Å²) < 4.78 is 4.70. The Morgan fingerprint density at radius 2 is 1.89 bits per heavy atom. The number of carbonyl (C=O) groups is 3. The van der Waals surface area contributed by atoms with Gasteiger partial charge in [-0.15, -0.1) is 0 Å². The van der Waals surface area contributed by atoms with Gasteiger partial charge >= 0.3 is 5.97 Å².